The lowest BCUT2D eigenvalue weighted by molar-refractivity contribution is 0.100. The Bertz CT molecular complexity index is 110. The normalized spacial score (nSPS) is 10.9. The van der Waals surface area contributed by atoms with Gasteiger partial charge in [0.05, 0.1) is 0 Å². The number of rotatable bonds is 13. The van der Waals surface area contributed by atoms with Crippen LogP contribution < -0.4 is 0 Å². The van der Waals surface area contributed by atoms with E-state index in [1.54, 1.807) is 0 Å². The summed E-state index contributed by atoms with van der Waals surface area (Å²) in [5.41, 5.74) is 0. The van der Waals surface area contributed by atoms with Gasteiger partial charge in [-0.25, -0.2) is 0 Å². The van der Waals surface area contributed by atoms with E-state index in [2.05, 4.69) is 0 Å². The van der Waals surface area contributed by atoms with Crippen molar-refractivity contribution in [2.24, 2.45) is 0 Å². The molecule has 0 aromatic carbocycles. The lowest BCUT2D eigenvalue weighted by Crippen LogP contribution is -2.01. The second-order valence-electron chi connectivity index (χ2n) is 3.72. The molecule has 0 bridgehead atoms. The summed E-state index contributed by atoms with van der Waals surface area (Å²) >= 11 is 11.1. The highest BCUT2D eigenvalue weighted by Gasteiger charge is 1.92. The Balaban J connectivity index is 2.83. The van der Waals surface area contributed by atoms with Gasteiger partial charge in [0, 0.05) is 38.2 Å². The van der Waals surface area contributed by atoms with Gasteiger partial charge in [-0.1, -0.05) is 0 Å². The summed E-state index contributed by atoms with van der Waals surface area (Å²) in [4.78, 5) is 0. The molecule has 0 radical (unpaired) electrons. The van der Waals surface area contributed by atoms with Gasteiger partial charge in [-0.15, -0.1) is 23.2 Å². The maximum atomic E-state index is 5.55. The van der Waals surface area contributed by atoms with E-state index in [1.807, 2.05) is 0 Å². The van der Waals surface area contributed by atoms with E-state index >= 15 is 0 Å². The summed E-state index contributed by atoms with van der Waals surface area (Å²) in [6, 6.07) is 0. The molecule has 0 atom stereocenters. The van der Waals surface area contributed by atoms with Crippen LogP contribution >= 0.6 is 23.2 Å². The molecule has 0 aromatic heterocycles. The highest BCUT2D eigenvalue weighted by atomic mass is 35.5. The molecule has 0 saturated heterocycles. The van der Waals surface area contributed by atoms with Crippen molar-refractivity contribution in [3.8, 4) is 0 Å². The molecule has 0 fully saturated rings. The third-order valence-electron chi connectivity index (χ3n) is 2.17. The molecule has 2 nitrogen and oxygen atoms in total. The van der Waals surface area contributed by atoms with E-state index in [9.17, 15) is 0 Å². The van der Waals surface area contributed by atoms with Crippen LogP contribution in [0.15, 0.2) is 0 Å². The molecule has 0 saturated carbocycles. The summed E-state index contributed by atoms with van der Waals surface area (Å²) < 4.78 is 10.9. The molecule has 98 valence electrons. The smallest absolute Gasteiger partial charge is 0.0466 e. The molecule has 0 aliphatic carbocycles. The zero-order valence-electron chi connectivity index (χ0n) is 10.1. The van der Waals surface area contributed by atoms with Crippen LogP contribution in [-0.4, -0.2) is 38.2 Å². The van der Waals surface area contributed by atoms with Gasteiger partial charge in [-0.05, 0) is 38.5 Å². The monoisotopic (exact) mass is 270 g/mol. The zero-order chi connectivity index (χ0) is 11.9. The lowest BCUT2D eigenvalue weighted by Gasteiger charge is -2.04. The van der Waals surface area contributed by atoms with Crippen LogP contribution in [0.3, 0.4) is 0 Å². The lowest BCUT2D eigenvalue weighted by atomic mass is 10.3. The largest absolute Gasteiger partial charge is 0.381 e. The Morgan fingerprint density at radius 1 is 0.500 bits per heavy atom. The van der Waals surface area contributed by atoms with Crippen LogP contribution in [0.1, 0.15) is 38.5 Å². The third kappa shape index (κ3) is 14.5. The third-order valence-corrected chi connectivity index (χ3v) is 2.71. The van der Waals surface area contributed by atoms with Crippen molar-refractivity contribution in [3.05, 3.63) is 0 Å². The van der Waals surface area contributed by atoms with Crippen LogP contribution in [0.5, 0.6) is 0 Å². The molecule has 0 N–H and O–H groups in total. The van der Waals surface area contributed by atoms with E-state index in [0.29, 0.717) is 0 Å². The fourth-order valence-corrected chi connectivity index (χ4v) is 1.59. The topological polar surface area (TPSA) is 18.5 Å². The Morgan fingerprint density at radius 2 is 0.812 bits per heavy atom. The van der Waals surface area contributed by atoms with Crippen LogP contribution in [0.25, 0.3) is 0 Å². The molecule has 0 aromatic rings. The predicted octanol–water partition coefficient (Wildman–Crippen LogP) is 3.84. The first-order valence-corrected chi connectivity index (χ1v) is 7.26. The van der Waals surface area contributed by atoms with E-state index in [0.717, 1.165) is 76.7 Å². The van der Waals surface area contributed by atoms with Crippen molar-refractivity contribution in [1.29, 1.82) is 0 Å². The first-order chi connectivity index (χ1) is 7.91. The van der Waals surface area contributed by atoms with Crippen LogP contribution in [0.2, 0.25) is 0 Å². The molecule has 4 heteroatoms. The first-order valence-electron chi connectivity index (χ1n) is 6.19. The Labute approximate surface area is 110 Å². The standard InChI is InChI=1S/C12H24Cl2O2/c13-7-1-3-9-15-11-5-6-12-16-10-4-2-8-14/h1-12H2. The predicted molar refractivity (Wildman–Crippen MR) is 70.8 cm³/mol. The van der Waals surface area contributed by atoms with Gasteiger partial charge in [-0.2, -0.15) is 0 Å². The summed E-state index contributed by atoms with van der Waals surface area (Å²) in [6.45, 7) is 3.35. The van der Waals surface area contributed by atoms with E-state index in [-0.39, 0.29) is 0 Å². The summed E-state index contributed by atoms with van der Waals surface area (Å²) in [5.74, 6) is 1.47. The number of unbranched alkanes of at least 4 members (excludes halogenated alkanes) is 3. The number of hydrogen-bond donors (Lipinski definition) is 0. The Morgan fingerprint density at radius 3 is 1.12 bits per heavy atom. The molecular formula is C12H24Cl2O2. The van der Waals surface area contributed by atoms with Gasteiger partial charge >= 0.3 is 0 Å². The van der Waals surface area contributed by atoms with Crippen molar-refractivity contribution in [2.45, 2.75) is 38.5 Å². The average Bonchev–Trinajstić information content (AvgIpc) is 2.31. The molecule has 0 aliphatic heterocycles. The van der Waals surface area contributed by atoms with Crippen LogP contribution in [-0.2, 0) is 9.47 Å². The SMILES string of the molecule is ClCCCCOCCCCOCCCCCl. The minimum absolute atomic E-state index is 0.736. The van der Waals surface area contributed by atoms with Gasteiger partial charge in [0.2, 0.25) is 0 Å². The van der Waals surface area contributed by atoms with E-state index in [4.69, 9.17) is 32.7 Å². The van der Waals surface area contributed by atoms with Crippen molar-refractivity contribution >= 4 is 23.2 Å². The minimum Gasteiger partial charge on any atom is -0.381 e. The van der Waals surface area contributed by atoms with Crippen molar-refractivity contribution in [3.63, 3.8) is 0 Å². The average molecular weight is 271 g/mol. The second-order valence-corrected chi connectivity index (χ2v) is 4.48. The number of ether oxygens (including phenoxy) is 2. The van der Waals surface area contributed by atoms with Crippen LogP contribution in [0, 0.1) is 0 Å². The number of alkyl halides is 2. The van der Waals surface area contributed by atoms with Gasteiger partial charge in [0.1, 0.15) is 0 Å². The van der Waals surface area contributed by atoms with E-state index < -0.39 is 0 Å². The molecule has 16 heavy (non-hydrogen) atoms. The summed E-state index contributed by atoms with van der Waals surface area (Å²) in [5, 5.41) is 0. The second kappa shape index (κ2) is 15.5. The highest BCUT2D eigenvalue weighted by Crippen LogP contribution is 1.97. The number of halogens is 2. The van der Waals surface area contributed by atoms with E-state index in [1.165, 1.54) is 0 Å². The highest BCUT2D eigenvalue weighted by molar-refractivity contribution is 6.18. The summed E-state index contributed by atoms with van der Waals surface area (Å²) in [6.07, 6.45) is 6.39. The summed E-state index contributed by atoms with van der Waals surface area (Å²) in [7, 11) is 0. The Kier molecular flexibility index (Phi) is 16.0. The quantitative estimate of drug-likeness (QED) is 0.374. The maximum Gasteiger partial charge on any atom is 0.0466 e. The maximum absolute atomic E-state index is 5.55. The van der Waals surface area contributed by atoms with Crippen molar-refractivity contribution in [2.75, 3.05) is 38.2 Å². The molecule has 0 amide bonds. The molecule has 0 spiro atoms. The van der Waals surface area contributed by atoms with Crippen molar-refractivity contribution in [1.82, 2.24) is 0 Å². The fourth-order valence-electron chi connectivity index (χ4n) is 1.21. The van der Waals surface area contributed by atoms with Gasteiger partial charge in [0.25, 0.3) is 0 Å². The molecule has 0 unspecified atom stereocenters. The van der Waals surface area contributed by atoms with Crippen molar-refractivity contribution < 1.29 is 9.47 Å². The molecule has 0 rings (SSSR count). The molecular weight excluding hydrogens is 247 g/mol. The minimum atomic E-state index is 0.736. The fraction of sp³-hybridized carbons (Fsp3) is 1.00. The van der Waals surface area contributed by atoms with Crippen LogP contribution in [0.4, 0.5) is 0 Å². The van der Waals surface area contributed by atoms with Gasteiger partial charge < -0.3 is 9.47 Å². The Hall–Kier alpha value is 0.500. The molecule has 0 heterocycles. The molecule has 0 aliphatic rings. The number of hydrogen-bond acceptors (Lipinski definition) is 2. The van der Waals surface area contributed by atoms with Gasteiger partial charge in [0.15, 0.2) is 0 Å². The zero-order valence-corrected chi connectivity index (χ0v) is 11.6. The first kappa shape index (κ1) is 16.5. The van der Waals surface area contributed by atoms with Gasteiger partial charge in [-0.3, -0.25) is 0 Å².